The van der Waals surface area contributed by atoms with Crippen molar-refractivity contribution in [2.75, 3.05) is 36.5 Å². The molecule has 1 saturated heterocycles. The summed E-state index contributed by atoms with van der Waals surface area (Å²) in [5.74, 6) is 0.898. The third-order valence-electron chi connectivity index (χ3n) is 4.07. The number of hydrogen-bond donors (Lipinski definition) is 1. The monoisotopic (exact) mass is 360 g/mol. The third-order valence-corrected chi connectivity index (χ3v) is 4.37. The molecular formula is C20H25ClN2O2. The van der Waals surface area contributed by atoms with Crippen molar-refractivity contribution in [3.8, 4) is 5.75 Å². The second-order valence-corrected chi connectivity index (χ2v) is 6.84. The van der Waals surface area contributed by atoms with Gasteiger partial charge in [-0.3, -0.25) is 0 Å². The molecule has 1 N–H and O–H groups in total. The molecule has 1 aliphatic rings. The topological polar surface area (TPSA) is 33.7 Å². The molecule has 2 aromatic carbocycles. The van der Waals surface area contributed by atoms with Crippen LogP contribution in [0.5, 0.6) is 5.75 Å². The average molecular weight is 361 g/mol. The Morgan fingerprint density at radius 2 is 1.96 bits per heavy atom. The molecule has 25 heavy (non-hydrogen) atoms. The summed E-state index contributed by atoms with van der Waals surface area (Å²) in [7, 11) is 0. The van der Waals surface area contributed by atoms with Gasteiger partial charge in [-0.1, -0.05) is 23.7 Å². The molecule has 5 heteroatoms. The lowest BCUT2D eigenvalue weighted by Gasteiger charge is -2.29. The zero-order valence-electron chi connectivity index (χ0n) is 14.8. The van der Waals surface area contributed by atoms with E-state index >= 15 is 0 Å². The maximum Gasteiger partial charge on any atom is 0.120 e. The van der Waals surface area contributed by atoms with Crippen LogP contribution in [0.15, 0.2) is 42.5 Å². The Balaban J connectivity index is 1.62. The van der Waals surface area contributed by atoms with Crippen LogP contribution in [-0.4, -0.2) is 32.4 Å². The van der Waals surface area contributed by atoms with E-state index in [-0.39, 0.29) is 6.10 Å². The molecule has 134 valence electrons. The first-order chi connectivity index (χ1) is 12.1. The Morgan fingerprint density at radius 1 is 1.16 bits per heavy atom. The minimum absolute atomic E-state index is 0.176. The highest BCUT2D eigenvalue weighted by molar-refractivity contribution is 6.33. The molecule has 4 nitrogen and oxygen atoms in total. The van der Waals surface area contributed by atoms with E-state index in [4.69, 9.17) is 21.1 Å². The molecule has 1 heterocycles. The molecule has 1 fully saturated rings. The number of nitrogens with one attached hydrogen (secondary N) is 1. The normalized spacial score (nSPS) is 14.6. The fourth-order valence-corrected chi connectivity index (χ4v) is 3.18. The lowest BCUT2D eigenvalue weighted by molar-refractivity contribution is 0.122. The van der Waals surface area contributed by atoms with Gasteiger partial charge >= 0.3 is 0 Å². The molecule has 0 spiro atoms. The van der Waals surface area contributed by atoms with Gasteiger partial charge < -0.3 is 19.7 Å². The van der Waals surface area contributed by atoms with Crippen LogP contribution in [0.1, 0.15) is 19.4 Å². The predicted molar refractivity (Wildman–Crippen MR) is 104 cm³/mol. The Bertz CT molecular complexity index is 700. The SMILES string of the molecule is CC(C)Oc1cccc(CNc2ccc(N3CCOCC3)c(Cl)c2)c1. The van der Waals surface area contributed by atoms with Crippen molar-refractivity contribution in [2.24, 2.45) is 0 Å². The summed E-state index contributed by atoms with van der Waals surface area (Å²) in [5.41, 5.74) is 3.26. The number of nitrogens with zero attached hydrogens (tertiary/aromatic N) is 1. The van der Waals surface area contributed by atoms with E-state index < -0.39 is 0 Å². The number of rotatable bonds is 6. The summed E-state index contributed by atoms with van der Waals surface area (Å²) < 4.78 is 11.1. The first-order valence-electron chi connectivity index (χ1n) is 8.73. The highest BCUT2D eigenvalue weighted by Crippen LogP contribution is 2.29. The largest absolute Gasteiger partial charge is 0.491 e. The Hall–Kier alpha value is -1.91. The van der Waals surface area contributed by atoms with E-state index in [9.17, 15) is 0 Å². The summed E-state index contributed by atoms with van der Waals surface area (Å²) in [5, 5.41) is 4.20. The Kier molecular flexibility index (Phi) is 6.05. The smallest absolute Gasteiger partial charge is 0.120 e. The van der Waals surface area contributed by atoms with Gasteiger partial charge in [-0.25, -0.2) is 0 Å². The van der Waals surface area contributed by atoms with Crippen LogP contribution in [0.4, 0.5) is 11.4 Å². The van der Waals surface area contributed by atoms with Gasteiger partial charge in [0.15, 0.2) is 0 Å². The molecule has 0 atom stereocenters. The number of hydrogen-bond acceptors (Lipinski definition) is 4. The Morgan fingerprint density at radius 3 is 2.68 bits per heavy atom. The quantitative estimate of drug-likeness (QED) is 0.817. The lowest BCUT2D eigenvalue weighted by atomic mass is 10.2. The van der Waals surface area contributed by atoms with Crippen molar-refractivity contribution < 1.29 is 9.47 Å². The van der Waals surface area contributed by atoms with Gasteiger partial charge in [-0.05, 0) is 49.7 Å². The molecule has 0 amide bonds. The number of ether oxygens (including phenoxy) is 2. The highest BCUT2D eigenvalue weighted by Gasteiger charge is 2.14. The summed E-state index contributed by atoms with van der Waals surface area (Å²) in [4.78, 5) is 2.27. The fourth-order valence-electron chi connectivity index (χ4n) is 2.88. The molecule has 2 aromatic rings. The van der Waals surface area contributed by atoms with E-state index in [0.29, 0.717) is 0 Å². The molecule has 0 bridgehead atoms. The number of morpholine rings is 1. The average Bonchev–Trinajstić information content (AvgIpc) is 2.60. The van der Waals surface area contributed by atoms with E-state index in [1.54, 1.807) is 0 Å². The van der Waals surface area contributed by atoms with Crippen LogP contribution in [-0.2, 0) is 11.3 Å². The van der Waals surface area contributed by atoms with Crippen molar-refractivity contribution in [3.05, 3.63) is 53.1 Å². The van der Waals surface area contributed by atoms with Gasteiger partial charge in [-0.2, -0.15) is 0 Å². The maximum atomic E-state index is 6.48. The molecular weight excluding hydrogens is 336 g/mol. The van der Waals surface area contributed by atoms with Crippen molar-refractivity contribution >= 4 is 23.0 Å². The maximum absolute atomic E-state index is 6.48. The summed E-state index contributed by atoms with van der Waals surface area (Å²) in [6.07, 6.45) is 0.176. The molecule has 1 aliphatic heterocycles. The molecule has 0 unspecified atom stereocenters. The fraction of sp³-hybridized carbons (Fsp3) is 0.400. The van der Waals surface area contributed by atoms with Gasteiger partial charge in [0.1, 0.15) is 5.75 Å². The zero-order valence-corrected chi connectivity index (χ0v) is 15.6. The van der Waals surface area contributed by atoms with Crippen molar-refractivity contribution in [2.45, 2.75) is 26.5 Å². The number of halogens is 1. The van der Waals surface area contributed by atoms with Gasteiger partial charge in [0.2, 0.25) is 0 Å². The molecule has 0 aromatic heterocycles. The van der Waals surface area contributed by atoms with Crippen LogP contribution < -0.4 is 15.0 Å². The molecule has 0 aliphatic carbocycles. The van der Waals surface area contributed by atoms with E-state index in [2.05, 4.69) is 34.5 Å². The predicted octanol–water partition coefficient (Wildman–Crippen LogP) is 4.58. The third kappa shape index (κ3) is 5.03. The van der Waals surface area contributed by atoms with Gasteiger partial charge in [0.05, 0.1) is 30.0 Å². The lowest BCUT2D eigenvalue weighted by Crippen LogP contribution is -2.36. The summed E-state index contributed by atoms with van der Waals surface area (Å²) in [6.45, 7) is 8.06. The van der Waals surface area contributed by atoms with E-state index in [1.165, 1.54) is 5.56 Å². The van der Waals surface area contributed by atoms with Crippen LogP contribution in [0.2, 0.25) is 5.02 Å². The zero-order chi connectivity index (χ0) is 17.6. The van der Waals surface area contributed by atoms with Crippen LogP contribution >= 0.6 is 11.6 Å². The number of benzene rings is 2. The van der Waals surface area contributed by atoms with Crippen LogP contribution in [0, 0.1) is 0 Å². The van der Waals surface area contributed by atoms with E-state index in [0.717, 1.165) is 55.0 Å². The van der Waals surface area contributed by atoms with Crippen molar-refractivity contribution in [3.63, 3.8) is 0 Å². The minimum atomic E-state index is 0.176. The highest BCUT2D eigenvalue weighted by atomic mass is 35.5. The van der Waals surface area contributed by atoms with Crippen LogP contribution in [0.3, 0.4) is 0 Å². The first-order valence-corrected chi connectivity index (χ1v) is 9.11. The molecule has 0 saturated carbocycles. The van der Waals surface area contributed by atoms with E-state index in [1.807, 2.05) is 32.0 Å². The standard InChI is InChI=1S/C20H25ClN2O2/c1-15(2)25-18-5-3-4-16(12-18)14-22-17-6-7-20(19(21)13-17)23-8-10-24-11-9-23/h3-7,12-13,15,22H,8-11,14H2,1-2H3. The van der Waals surface area contributed by atoms with Gasteiger partial charge in [0.25, 0.3) is 0 Å². The molecule has 3 rings (SSSR count). The van der Waals surface area contributed by atoms with Crippen LogP contribution in [0.25, 0.3) is 0 Å². The second kappa shape index (κ2) is 8.45. The van der Waals surface area contributed by atoms with Gasteiger partial charge in [-0.15, -0.1) is 0 Å². The van der Waals surface area contributed by atoms with Gasteiger partial charge in [0, 0.05) is 25.3 Å². The Labute approximate surface area is 154 Å². The van der Waals surface area contributed by atoms with Crippen molar-refractivity contribution in [1.82, 2.24) is 0 Å². The minimum Gasteiger partial charge on any atom is -0.491 e. The summed E-state index contributed by atoms with van der Waals surface area (Å²) in [6, 6.07) is 14.3. The summed E-state index contributed by atoms with van der Waals surface area (Å²) >= 11 is 6.48. The second-order valence-electron chi connectivity index (χ2n) is 6.43. The first kappa shape index (κ1) is 17.9. The molecule has 0 radical (unpaired) electrons. The van der Waals surface area contributed by atoms with Crippen molar-refractivity contribution in [1.29, 1.82) is 0 Å². The number of anilines is 2.